The molecule has 0 spiro atoms. The van der Waals surface area contributed by atoms with Crippen molar-refractivity contribution >= 4 is 46.3 Å². The summed E-state index contributed by atoms with van der Waals surface area (Å²) in [6, 6.07) is 5.33. The van der Waals surface area contributed by atoms with Crippen molar-refractivity contribution in [2.24, 2.45) is 11.8 Å². The van der Waals surface area contributed by atoms with E-state index in [2.05, 4.69) is 62.3 Å². The quantitative estimate of drug-likeness (QED) is 0.0943. The van der Waals surface area contributed by atoms with Crippen molar-refractivity contribution in [1.29, 1.82) is 0 Å². The van der Waals surface area contributed by atoms with E-state index in [1.165, 1.54) is 12.4 Å². The van der Waals surface area contributed by atoms with E-state index >= 15 is 0 Å². The Hall–Kier alpha value is -5.51. The second-order valence-electron chi connectivity index (χ2n) is 20.1. The minimum absolute atomic E-state index is 0.0536. The number of ether oxygens (including phenoxy) is 3. The molecule has 2 saturated carbocycles. The van der Waals surface area contributed by atoms with Crippen LogP contribution < -0.4 is 26.6 Å². The highest BCUT2D eigenvalue weighted by Crippen LogP contribution is 2.37. The Balaban J connectivity index is 0.773. The third-order valence-electron chi connectivity index (χ3n) is 13.9. The first kappa shape index (κ1) is 53.3. The van der Waals surface area contributed by atoms with Crippen LogP contribution in [0.1, 0.15) is 102 Å². The first-order valence-corrected chi connectivity index (χ1v) is 24.9. The minimum Gasteiger partial charge on any atom is -0.379 e. The van der Waals surface area contributed by atoms with Crippen LogP contribution in [0.3, 0.4) is 0 Å². The van der Waals surface area contributed by atoms with Gasteiger partial charge in [-0.15, -0.1) is 0 Å². The Labute approximate surface area is 412 Å². The monoisotopic (exact) mass is 995 g/mol. The molecule has 2 aliphatic carbocycles. The number of fused-ring (bicyclic) bond motifs is 1. The number of likely N-dealkylation sites (tertiary alicyclic amines) is 2. The fraction of sp³-hybridized carbons (Fsp3) is 0.640. The normalized spacial score (nSPS) is 25.1. The average molecular weight is 995 g/mol. The van der Waals surface area contributed by atoms with Gasteiger partial charge in [0.1, 0.15) is 18.2 Å². The van der Waals surface area contributed by atoms with Gasteiger partial charge in [-0.25, -0.2) is 9.97 Å². The Bertz CT molecular complexity index is 2300. The van der Waals surface area contributed by atoms with E-state index in [9.17, 15) is 37.1 Å². The summed E-state index contributed by atoms with van der Waals surface area (Å²) in [5, 5.41) is 16.3. The molecule has 18 nitrogen and oxygen atoms in total. The SMILES string of the molecule is CN1C(=O)C[C@H](C(=O)NCCOCCOCCOCCC(=O)NC2CCC(C(=O)N[C@@H]3C[C@H](NC(C)(C)C)CC[C@@H]3N3CC[C@H](Nc4ncnc5ccc(C(F)(F)F)cc45)C3=O)CC2)[C@H]1c1cccnc1. The number of nitrogens with zero attached hydrogens (tertiary/aromatic N) is 5. The molecule has 2 aliphatic heterocycles. The molecule has 4 heterocycles. The van der Waals surface area contributed by atoms with Gasteiger partial charge in [0, 0.05) is 74.3 Å². The van der Waals surface area contributed by atoms with Crippen molar-refractivity contribution in [2.75, 3.05) is 65.1 Å². The molecule has 4 fully saturated rings. The summed E-state index contributed by atoms with van der Waals surface area (Å²) in [6.45, 7) is 8.83. The molecule has 0 unspecified atom stereocenters. The van der Waals surface area contributed by atoms with Crippen LogP contribution in [0.5, 0.6) is 0 Å². The lowest BCUT2D eigenvalue weighted by Gasteiger charge is -2.43. The lowest BCUT2D eigenvalue weighted by molar-refractivity contribution is -0.137. The summed E-state index contributed by atoms with van der Waals surface area (Å²) in [4.78, 5) is 81.9. The highest BCUT2D eigenvalue weighted by molar-refractivity contribution is 5.93. The standard InChI is InChI=1S/C50H69F3N10O8/c1-49(2,3)61-35-12-14-41(63-19-15-39(48(63)68)59-45-36-26-33(50(51,52)53)9-13-38(36)56-30-57-45)40(27-35)60-46(66)31-7-10-34(11-8-31)58-42(64)16-20-69-22-24-71-25-23-70-21-18-55-47(67)37-28-43(65)62(4)44(37)32-6-5-17-54-29-32/h5-6,9,13,17,26,29-31,34-35,37,39-41,44,61H,7-8,10-12,14-16,18-25,27-28H2,1-4H3,(H,55,67)(H,58,64)(H,60,66)(H,56,57,59)/t31?,34?,35-,37+,39+,40-,41+,44-/m1/s1. The molecular weight excluding hydrogens is 926 g/mol. The number of nitrogens with one attached hydrogen (secondary N) is 5. The molecule has 0 bridgehead atoms. The molecule has 21 heteroatoms. The van der Waals surface area contributed by atoms with Crippen LogP contribution in [0, 0.1) is 11.8 Å². The molecule has 4 aliphatic rings. The summed E-state index contributed by atoms with van der Waals surface area (Å²) in [5.41, 5.74) is 0.158. The number of carbonyl (C=O) groups is 5. The third-order valence-corrected chi connectivity index (χ3v) is 13.9. The largest absolute Gasteiger partial charge is 0.416 e. The number of hydrogen-bond acceptors (Lipinski definition) is 13. The van der Waals surface area contributed by atoms with Crippen LogP contribution in [-0.4, -0.2) is 150 Å². The Morgan fingerprint density at radius 1 is 0.831 bits per heavy atom. The predicted molar refractivity (Wildman–Crippen MR) is 256 cm³/mol. The van der Waals surface area contributed by atoms with Gasteiger partial charge in [-0.2, -0.15) is 13.2 Å². The second kappa shape index (κ2) is 24.3. The molecule has 5 amide bonds. The molecule has 7 rings (SSSR count). The van der Waals surface area contributed by atoms with Gasteiger partial charge >= 0.3 is 6.18 Å². The van der Waals surface area contributed by atoms with E-state index in [0.29, 0.717) is 96.6 Å². The summed E-state index contributed by atoms with van der Waals surface area (Å²) >= 11 is 0. The zero-order valence-electron chi connectivity index (χ0n) is 41.1. The summed E-state index contributed by atoms with van der Waals surface area (Å²) in [6.07, 6.45) is 5.41. The van der Waals surface area contributed by atoms with Crippen molar-refractivity contribution in [3.63, 3.8) is 0 Å². The zero-order chi connectivity index (χ0) is 50.7. The number of alkyl halides is 3. The van der Waals surface area contributed by atoms with Crippen molar-refractivity contribution < 1.29 is 51.4 Å². The van der Waals surface area contributed by atoms with Gasteiger partial charge in [-0.05, 0) is 102 Å². The first-order chi connectivity index (χ1) is 33.9. The number of halogens is 3. The third kappa shape index (κ3) is 14.6. The molecule has 3 aromatic rings. The van der Waals surface area contributed by atoms with Crippen molar-refractivity contribution in [3.05, 3.63) is 60.2 Å². The van der Waals surface area contributed by atoms with Gasteiger partial charge < -0.3 is 50.6 Å². The summed E-state index contributed by atoms with van der Waals surface area (Å²) in [7, 11) is 1.70. The van der Waals surface area contributed by atoms with Gasteiger partial charge in [0.25, 0.3) is 0 Å². The van der Waals surface area contributed by atoms with Crippen LogP contribution in [-0.2, 0) is 44.4 Å². The van der Waals surface area contributed by atoms with E-state index in [4.69, 9.17) is 14.2 Å². The van der Waals surface area contributed by atoms with E-state index in [0.717, 1.165) is 24.1 Å². The van der Waals surface area contributed by atoms with Crippen molar-refractivity contribution in [2.45, 2.75) is 133 Å². The molecule has 6 atom stereocenters. The van der Waals surface area contributed by atoms with E-state index in [-0.39, 0.29) is 102 Å². The van der Waals surface area contributed by atoms with Crippen molar-refractivity contribution in [3.8, 4) is 0 Å². The highest BCUT2D eigenvalue weighted by Gasteiger charge is 2.45. The van der Waals surface area contributed by atoms with Gasteiger partial charge in [0.2, 0.25) is 29.5 Å². The van der Waals surface area contributed by atoms with Gasteiger partial charge in [-0.3, -0.25) is 29.0 Å². The number of benzene rings is 1. The van der Waals surface area contributed by atoms with Crippen LogP contribution in [0.4, 0.5) is 19.0 Å². The van der Waals surface area contributed by atoms with Crippen LogP contribution in [0.2, 0.25) is 0 Å². The fourth-order valence-corrected chi connectivity index (χ4v) is 10.4. The maximum Gasteiger partial charge on any atom is 0.416 e. The molecule has 388 valence electrons. The number of aromatic nitrogens is 3. The smallest absolute Gasteiger partial charge is 0.379 e. The molecule has 2 saturated heterocycles. The number of hydrogen-bond donors (Lipinski definition) is 5. The fourth-order valence-electron chi connectivity index (χ4n) is 10.4. The minimum atomic E-state index is -4.55. The number of pyridine rings is 1. The number of amides is 5. The van der Waals surface area contributed by atoms with Crippen LogP contribution >= 0.6 is 0 Å². The van der Waals surface area contributed by atoms with Gasteiger partial charge in [0.05, 0.1) is 74.8 Å². The maximum atomic E-state index is 14.0. The van der Waals surface area contributed by atoms with E-state index in [1.807, 2.05) is 11.0 Å². The molecule has 0 radical (unpaired) electrons. The van der Waals surface area contributed by atoms with E-state index < -0.39 is 23.7 Å². The lowest BCUT2D eigenvalue weighted by atomic mass is 9.82. The van der Waals surface area contributed by atoms with Crippen LogP contribution in [0.25, 0.3) is 10.9 Å². The first-order valence-electron chi connectivity index (χ1n) is 24.9. The summed E-state index contributed by atoms with van der Waals surface area (Å²) in [5.74, 6) is -1.25. The number of anilines is 1. The predicted octanol–water partition coefficient (Wildman–Crippen LogP) is 4.30. The summed E-state index contributed by atoms with van der Waals surface area (Å²) < 4.78 is 57.5. The van der Waals surface area contributed by atoms with E-state index in [1.54, 1.807) is 30.4 Å². The lowest BCUT2D eigenvalue weighted by Crippen LogP contribution is -2.60. The number of rotatable bonds is 21. The Kier molecular flexibility index (Phi) is 18.2. The van der Waals surface area contributed by atoms with Crippen molar-refractivity contribution in [1.82, 2.24) is 46.0 Å². The molecule has 1 aromatic carbocycles. The molecular formula is C50H69F3N10O8. The Morgan fingerprint density at radius 2 is 1.55 bits per heavy atom. The average Bonchev–Trinajstić information content (AvgIpc) is 3.85. The maximum absolute atomic E-state index is 14.0. The second-order valence-corrected chi connectivity index (χ2v) is 20.1. The van der Waals surface area contributed by atoms with Gasteiger partial charge in [-0.1, -0.05) is 6.07 Å². The van der Waals surface area contributed by atoms with Gasteiger partial charge in [0.15, 0.2) is 0 Å². The topological polar surface area (TPSA) is 218 Å². The number of carbonyl (C=O) groups excluding carboxylic acids is 5. The zero-order valence-corrected chi connectivity index (χ0v) is 41.1. The van der Waals surface area contributed by atoms with Crippen LogP contribution in [0.15, 0.2) is 49.1 Å². The molecule has 2 aromatic heterocycles. The molecule has 5 N–H and O–H groups in total. The highest BCUT2D eigenvalue weighted by atomic mass is 19.4. The Morgan fingerprint density at radius 3 is 2.25 bits per heavy atom. The molecule has 71 heavy (non-hydrogen) atoms.